The van der Waals surface area contributed by atoms with Crippen molar-refractivity contribution in [2.24, 2.45) is 0 Å². The second kappa shape index (κ2) is 11.8. The number of piperidine rings is 1. The van der Waals surface area contributed by atoms with Gasteiger partial charge in [-0.15, -0.1) is 11.8 Å². The molecule has 2 fully saturated rings. The number of carbonyl (C=O) groups is 2. The summed E-state index contributed by atoms with van der Waals surface area (Å²) in [6, 6.07) is 11.9. The Morgan fingerprint density at radius 2 is 1.80 bits per heavy atom. The van der Waals surface area contributed by atoms with Gasteiger partial charge in [-0.2, -0.15) is 0 Å². The van der Waals surface area contributed by atoms with E-state index in [1.165, 1.54) is 11.8 Å². The van der Waals surface area contributed by atoms with Crippen molar-refractivity contribution in [2.75, 3.05) is 38.9 Å². The van der Waals surface area contributed by atoms with Crippen molar-refractivity contribution in [3.63, 3.8) is 0 Å². The summed E-state index contributed by atoms with van der Waals surface area (Å²) in [5, 5.41) is 13.6. The van der Waals surface area contributed by atoms with E-state index < -0.39 is 14.4 Å². The number of amides is 2. The summed E-state index contributed by atoms with van der Waals surface area (Å²) in [6.07, 6.45) is 2.29. The van der Waals surface area contributed by atoms with Crippen molar-refractivity contribution >= 4 is 54.3 Å². The first-order valence-corrected chi connectivity index (χ1v) is 18.5. The topological polar surface area (TPSA) is 76.6 Å². The van der Waals surface area contributed by atoms with Crippen LogP contribution in [0.1, 0.15) is 33.6 Å². The van der Waals surface area contributed by atoms with Crippen molar-refractivity contribution in [3.8, 4) is 0 Å². The van der Waals surface area contributed by atoms with Gasteiger partial charge in [0, 0.05) is 41.0 Å². The van der Waals surface area contributed by atoms with Gasteiger partial charge in [-0.1, -0.05) is 44.5 Å². The molecule has 2 saturated heterocycles. The predicted octanol–water partition coefficient (Wildman–Crippen LogP) is 5.13. The zero-order valence-corrected chi connectivity index (χ0v) is 27.2. The van der Waals surface area contributed by atoms with Crippen molar-refractivity contribution < 1.29 is 19.1 Å². The standard InChI is InChI=1S/C30H41ClN4O4SSi/c1-30(2,3)41(4,5)39-20-32-16-26-28(37)35(19-34(26)18-32)24-10-12-33(13-11-24)29(38)27(36)17-40-25-9-7-21-14-23(31)8-6-22(21)15-25/h6-9,14-16,24,27,36H,10-13,17-20H2,1-5H3/t27-/m1/s1. The minimum atomic E-state index is -1.86. The van der Waals surface area contributed by atoms with Gasteiger partial charge >= 0.3 is 0 Å². The van der Waals surface area contributed by atoms with E-state index in [1.54, 1.807) is 4.90 Å². The van der Waals surface area contributed by atoms with Crippen molar-refractivity contribution in [2.45, 2.75) is 68.8 Å². The van der Waals surface area contributed by atoms with Gasteiger partial charge < -0.3 is 29.1 Å². The van der Waals surface area contributed by atoms with Crippen LogP contribution in [-0.4, -0.2) is 95.9 Å². The molecule has 0 aromatic heterocycles. The van der Waals surface area contributed by atoms with E-state index in [1.807, 2.05) is 47.5 Å². The lowest BCUT2D eigenvalue weighted by Gasteiger charge is -2.38. The fourth-order valence-corrected chi connectivity index (χ4v) is 7.23. The number of aliphatic hydroxyl groups excluding tert-OH is 1. The molecule has 11 heteroatoms. The third kappa shape index (κ3) is 6.56. The van der Waals surface area contributed by atoms with Gasteiger partial charge in [0.2, 0.25) is 0 Å². The Hall–Kier alpha value is -2.24. The molecule has 0 aliphatic carbocycles. The molecule has 5 rings (SSSR count). The first kappa shape index (κ1) is 30.2. The lowest BCUT2D eigenvalue weighted by molar-refractivity contribution is -0.141. The quantitative estimate of drug-likeness (QED) is 0.325. The highest BCUT2D eigenvalue weighted by Crippen LogP contribution is 2.37. The molecule has 1 atom stereocenters. The molecule has 0 radical (unpaired) electrons. The maximum absolute atomic E-state index is 13.3. The number of likely N-dealkylation sites (tertiary alicyclic amines) is 1. The number of benzene rings is 2. The normalized spacial score (nSPS) is 19.3. The molecule has 0 unspecified atom stereocenters. The molecular weight excluding hydrogens is 576 g/mol. The molecular formula is C30H41ClN4O4SSi. The molecule has 3 aliphatic rings. The van der Waals surface area contributed by atoms with E-state index in [0.29, 0.717) is 56.8 Å². The molecule has 0 spiro atoms. The summed E-state index contributed by atoms with van der Waals surface area (Å²) in [7, 11) is -1.86. The number of hydrogen-bond acceptors (Lipinski definition) is 7. The van der Waals surface area contributed by atoms with E-state index >= 15 is 0 Å². The third-order valence-corrected chi connectivity index (χ3v) is 14.6. The van der Waals surface area contributed by atoms with Crippen LogP contribution in [0.2, 0.25) is 23.2 Å². The molecule has 41 heavy (non-hydrogen) atoms. The SMILES string of the molecule is CC(C)(C)[Si](C)(C)OCN1C=C2C(=O)N(C3CCN(C(=O)[C@H](O)CSc4ccc5cc(Cl)ccc5c4)CC3)CN2C1. The van der Waals surface area contributed by atoms with Crippen LogP contribution in [-0.2, 0) is 14.0 Å². The molecule has 222 valence electrons. The highest BCUT2D eigenvalue weighted by Gasteiger charge is 2.43. The van der Waals surface area contributed by atoms with Gasteiger partial charge in [0.1, 0.15) is 18.5 Å². The van der Waals surface area contributed by atoms with E-state index in [0.717, 1.165) is 21.4 Å². The van der Waals surface area contributed by atoms with E-state index in [2.05, 4.69) is 43.7 Å². The summed E-state index contributed by atoms with van der Waals surface area (Å²) in [6.45, 7) is 13.9. The van der Waals surface area contributed by atoms with Gasteiger partial charge in [-0.3, -0.25) is 9.59 Å². The lowest BCUT2D eigenvalue weighted by atomic mass is 10.0. The van der Waals surface area contributed by atoms with Crippen LogP contribution < -0.4 is 0 Å². The van der Waals surface area contributed by atoms with Gasteiger partial charge in [0.05, 0.1) is 13.3 Å². The average molecular weight is 617 g/mol. The lowest BCUT2D eigenvalue weighted by Crippen LogP contribution is -2.50. The van der Waals surface area contributed by atoms with Crippen molar-refractivity contribution in [1.82, 2.24) is 19.6 Å². The van der Waals surface area contributed by atoms with Crippen LogP contribution in [0.25, 0.3) is 10.8 Å². The Morgan fingerprint density at radius 1 is 1.12 bits per heavy atom. The number of fused-ring (bicyclic) bond motifs is 2. The van der Waals surface area contributed by atoms with Gasteiger partial charge in [0.15, 0.2) is 8.32 Å². The highest BCUT2D eigenvalue weighted by molar-refractivity contribution is 7.99. The van der Waals surface area contributed by atoms with Gasteiger partial charge in [-0.25, -0.2) is 0 Å². The minimum Gasteiger partial charge on any atom is -0.400 e. The molecule has 2 aromatic carbocycles. The Kier molecular flexibility index (Phi) is 8.70. The summed E-state index contributed by atoms with van der Waals surface area (Å²) in [4.78, 5) is 35.1. The smallest absolute Gasteiger partial charge is 0.273 e. The molecule has 8 nitrogen and oxygen atoms in total. The average Bonchev–Trinajstić information content (AvgIpc) is 3.48. The Morgan fingerprint density at radius 3 is 2.49 bits per heavy atom. The molecule has 2 amide bonds. The maximum atomic E-state index is 13.3. The number of thioether (sulfide) groups is 1. The molecule has 2 aromatic rings. The highest BCUT2D eigenvalue weighted by atomic mass is 35.5. The van der Waals surface area contributed by atoms with E-state index in [9.17, 15) is 14.7 Å². The monoisotopic (exact) mass is 616 g/mol. The maximum Gasteiger partial charge on any atom is 0.273 e. The van der Waals surface area contributed by atoms with Crippen LogP contribution in [0.15, 0.2) is 53.2 Å². The fourth-order valence-electron chi connectivity index (χ4n) is 5.26. The molecule has 3 aliphatic heterocycles. The third-order valence-electron chi connectivity index (χ3n) is 8.88. The molecule has 0 saturated carbocycles. The number of rotatable bonds is 8. The Balaban J connectivity index is 1.08. The largest absolute Gasteiger partial charge is 0.400 e. The van der Waals surface area contributed by atoms with Crippen LogP contribution in [0, 0.1) is 0 Å². The molecule has 3 heterocycles. The number of carbonyl (C=O) groups excluding carboxylic acids is 2. The Bertz CT molecular complexity index is 1340. The first-order valence-electron chi connectivity index (χ1n) is 14.3. The van der Waals surface area contributed by atoms with Gasteiger partial charge in [0.25, 0.3) is 11.8 Å². The van der Waals surface area contributed by atoms with E-state index in [4.69, 9.17) is 16.0 Å². The van der Waals surface area contributed by atoms with Crippen LogP contribution >= 0.6 is 23.4 Å². The second-order valence-electron chi connectivity index (χ2n) is 12.8. The Labute approximate surface area is 253 Å². The van der Waals surface area contributed by atoms with Gasteiger partial charge in [-0.05, 0) is 66.0 Å². The zero-order chi connectivity index (χ0) is 29.5. The summed E-state index contributed by atoms with van der Waals surface area (Å²) >= 11 is 7.55. The zero-order valence-electron chi connectivity index (χ0n) is 24.6. The second-order valence-corrected chi connectivity index (χ2v) is 19.1. The van der Waals surface area contributed by atoms with Crippen LogP contribution in [0.4, 0.5) is 0 Å². The van der Waals surface area contributed by atoms with Crippen molar-refractivity contribution in [3.05, 3.63) is 53.3 Å². The summed E-state index contributed by atoms with van der Waals surface area (Å²) in [5.74, 6) is 0.108. The van der Waals surface area contributed by atoms with Crippen LogP contribution in [0.3, 0.4) is 0 Å². The predicted molar refractivity (Wildman–Crippen MR) is 167 cm³/mol. The molecule has 0 bridgehead atoms. The minimum absolute atomic E-state index is 0.0543. The van der Waals surface area contributed by atoms with E-state index in [-0.39, 0.29) is 22.9 Å². The van der Waals surface area contributed by atoms with Crippen LogP contribution in [0.5, 0.6) is 0 Å². The molecule has 1 N–H and O–H groups in total. The number of hydrogen-bond donors (Lipinski definition) is 1. The van der Waals surface area contributed by atoms with Crippen molar-refractivity contribution in [1.29, 1.82) is 0 Å². The number of halogens is 1. The summed E-state index contributed by atoms with van der Waals surface area (Å²) in [5.41, 5.74) is 0.728. The summed E-state index contributed by atoms with van der Waals surface area (Å²) < 4.78 is 6.34. The fraction of sp³-hybridized carbons (Fsp3) is 0.533. The first-order chi connectivity index (χ1) is 19.3. The number of nitrogens with zero attached hydrogens (tertiary/aromatic N) is 4. The number of aliphatic hydroxyl groups is 1.